The molecular formula is C13H15ClFN3. The largest absolute Gasteiger partial charge is 0.313 e. The lowest BCUT2D eigenvalue weighted by Crippen LogP contribution is -2.13. The summed E-state index contributed by atoms with van der Waals surface area (Å²) in [5.41, 5.74) is 2.75. The van der Waals surface area contributed by atoms with E-state index in [1.54, 1.807) is 16.9 Å². The van der Waals surface area contributed by atoms with Crippen LogP contribution in [-0.4, -0.2) is 16.8 Å². The summed E-state index contributed by atoms with van der Waals surface area (Å²) >= 11 is 5.67. The van der Waals surface area contributed by atoms with Crippen LogP contribution in [0.25, 0.3) is 5.69 Å². The minimum absolute atomic E-state index is 0.118. The highest BCUT2D eigenvalue weighted by Crippen LogP contribution is 2.22. The standard InChI is InChI=1S/C13H15ClFN3/c1-8(16-3)11-7-17-18(9(11)2)10-4-5-12(14)13(15)6-10/h4-8,16H,1-3H3. The summed E-state index contributed by atoms with van der Waals surface area (Å²) < 4.78 is 15.2. The summed E-state index contributed by atoms with van der Waals surface area (Å²) in [5, 5.41) is 7.57. The molecule has 96 valence electrons. The van der Waals surface area contributed by atoms with E-state index in [9.17, 15) is 4.39 Å². The first-order valence-electron chi connectivity index (χ1n) is 5.71. The fraction of sp³-hybridized carbons (Fsp3) is 0.308. The van der Waals surface area contributed by atoms with Crippen molar-refractivity contribution in [3.05, 3.63) is 46.5 Å². The molecule has 2 aromatic rings. The average Bonchev–Trinajstić information content (AvgIpc) is 2.74. The third-order valence-electron chi connectivity index (χ3n) is 3.10. The molecule has 0 aliphatic heterocycles. The first-order valence-corrected chi connectivity index (χ1v) is 6.09. The van der Waals surface area contributed by atoms with Gasteiger partial charge in [0.1, 0.15) is 5.82 Å². The predicted octanol–water partition coefficient (Wildman–Crippen LogP) is 3.25. The van der Waals surface area contributed by atoms with Gasteiger partial charge in [0.25, 0.3) is 0 Å². The maximum Gasteiger partial charge on any atom is 0.143 e. The minimum Gasteiger partial charge on any atom is -0.313 e. The molecule has 0 aliphatic carbocycles. The first kappa shape index (κ1) is 13.1. The monoisotopic (exact) mass is 267 g/mol. The van der Waals surface area contributed by atoms with Crippen LogP contribution in [0.2, 0.25) is 5.02 Å². The summed E-state index contributed by atoms with van der Waals surface area (Å²) in [5.74, 6) is -0.438. The maximum atomic E-state index is 13.4. The van der Waals surface area contributed by atoms with Crippen molar-refractivity contribution in [1.29, 1.82) is 0 Å². The first-order chi connectivity index (χ1) is 8.54. The Labute approximate surface area is 111 Å². The van der Waals surface area contributed by atoms with Gasteiger partial charge in [0.2, 0.25) is 0 Å². The molecule has 1 unspecified atom stereocenters. The van der Waals surface area contributed by atoms with E-state index in [0.717, 1.165) is 11.3 Å². The molecule has 0 fully saturated rings. The highest BCUT2D eigenvalue weighted by atomic mass is 35.5. The average molecular weight is 268 g/mol. The molecule has 0 radical (unpaired) electrons. The van der Waals surface area contributed by atoms with Gasteiger partial charge in [-0.1, -0.05) is 11.6 Å². The zero-order valence-electron chi connectivity index (χ0n) is 10.5. The Morgan fingerprint density at radius 2 is 2.17 bits per heavy atom. The van der Waals surface area contributed by atoms with E-state index >= 15 is 0 Å². The van der Waals surface area contributed by atoms with Crippen LogP contribution in [0.15, 0.2) is 24.4 Å². The van der Waals surface area contributed by atoms with E-state index in [2.05, 4.69) is 17.3 Å². The maximum absolute atomic E-state index is 13.4. The lowest BCUT2D eigenvalue weighted by atomic mass is 10.1. The number of aromatic nitrogens is 2. The number of nitrogens with one attached hydrogen (secondary N) is 1. The number of hydrogen-bond acceptors (Lipinski definition) is 2. The molecule has 1 atom stereocenters. The van der Waals surface area contributed by atoms with E-state index in [-0.39, 0.29) is 11.1 Å². The Bertz CT molecular complexity index is 565. The second kappa shape index (κ2) is 5.08. The van der Waals surface area contributed by atoms with Crippen molar-refractivity contribution in [2.45, 2.75) is 19.9 Å². The van der Waals surface area contributed by atoms with Crippen LogP contribution in [0.5, 0.6) is 0 Å². The van der Waals surface area contributed by atoms with Gasteiger partial charge in [0.05, 0.1) is 16.9 Å². The second-order valence-corrected chi connectivity index (χ2v) is 4.61. The second-order valence-electron chi connectivity index (χ2n) is 4.21. The van der Waals surface area contributed by atoms with Gasteiger partial charge >= 0.3 is 0 Å². The third kappa shape index (κ3) is 2.26. The summed E-state index contributed by atoms with van der Waals surface area (Å²) in [6.45, 7) is 4.01. The lowest BCUT2D eigenvalue weighted by Gasteiger charge is -2.10. The van der Waals surface area contributed by atoms with Crippen molar-refractivity contribution in [2.75, 3.05) is 7.05 Å². The van der Waals surface area contributed by atoms with Crippen molar-refractivity contribution in [3.8, 4) is 5.69 Å². The van der Waals surface area contributed by atoms with Crippen molar-refractivity contribution < 1.29 is 4.39 Å². The molecule has 0 bridgehead atoms. The molecule has 2 rings (SSSR count). The highest BCUT2D eigenvalue weighted by Gasteiger charge is 2.13. The molecule has 0 saturated heterocycles. The van der Waals surface area contributed by atoms with Crippen LogP contribution in [-0.2, 0) is 0 Å². The Balaban J connectivity index is 2.45. The Morgan fingerprint density at radius 1 is 1.44 bits per heavy atom. The SMILES string of the molecule is CNC(C)c1cnn(-c2ccc(Cl)c(F)c2)c1C. The van der Waals surface area contributed by atoms with Crippen LogP contribution in [0.3, 0.4) is 0 Å². The molecule has 0 saturated carbocycles. The van der Waals surface area contributed by atoms with Gasteiger partial charge < -0.3 is 5.32 Å². The molecule has 18 heavy (non-hydrogen) atoms. The molecule has 0 aliphatic rings. The number of rotatable bonds is 3. The molecule has 1 aromatic heterocycles. The van der Waals surface area contributed by atoms with Gasteiger partial charge in [-0.05, 0) is 33.0 Å². The van der Waals surface area contributed by atoms with Crippen molar-refractivity contribution in [3.63, 3.8) is 0 Å². The predicted molar refractivity (Wildman–Crippen MR) is 70.7 cm³/mol. The molecular weight excluding hydrogens is 253 g/mol. The normalized spacial score (nSPS) is 12.7. The van der Waals surface area contributed by atoms with Gasteiger partial charge in [0, 0.05) is 23.4 Å². The highest BCUT2D eigenvalue weighted by molar-refractivity contribution is 6.30. The van der Waals surface area contributed by atoms with Crippen LogP contribution in [0, 0.1) is 12.7 Å². The Morgan fingerprint density at radius 3 is 2.78 bits per heavy atom. The number of benzene rings is 1. The molecule has 1 heterocycles. The smallest absolute Gasteiger partial charge is 0.143 e. The van der Waals surface area contributed by atoms with Crippen LogP contribution < -0.4 is 5.32 Å². The van der Waals surface area contributed by atoms with Gasteiger partial charge in [-0.3, -0.25) is 0 Å². The quantitative estimate of drug-likeness (QED) is 0.925. The Hall–Kier alpha value is -1.39. The van der Waals surface area contributed by atoms with E-state index < -0.39 is 5.82 Å². The van der Waals surface area contributed by atoms with Gasteiger partial charge in [-0.25, -0.2) is 9.07 Å². The van der Waals surface area contributed by atoms with Gasteiger partial charge in [-0.15, -0.1) is 0 Å². The molecule has 0 spiro atoms. The third-order valence-corrected chi connectivity index (χ3v) is 3.40. The molecule has 1 aromatic carbocycles. The van der Waals surface area contributed by atoms with Crippen LogP contribution >= 0.6 is 11.6 Å². The minimum atomic E-state index is -0.438. The number of halogens is 2. The fourth-order valence-electron chi connectivity index (χ4n) is 1.88. The van der Waals surface area contributed by atoms with Gasteiger partial charge in [-0.2, -0.15) is 5.10 Å². The topological polar surface area (TPSA) is 29.9 Å². The molecule has 0 amide bonds. The van der Waals surface area contributed by atoms with Crippen molar-refractivity contribution in [2.24, 2.45) is 0 Å². The van der Waals surface area contributed by atoms with Crippen molar-refractivity contribution >= 4 is 11.6 Å². The zero-order chi connectivity index (χ0) is 13.3. The van der Waals surface area contributed by atoms with E-state index in [4.69, 9.17) is 11.6 Å². The summed E-state index contributed by atoms with van der Waals surface area (Å²) in [7, 11) is 1.89. The Kier molecular flexibility index (Phi) is 3.68. The van der Waals surface area contributed by atoms with E-state index in [0.29, 0.717) is 5.69 Å². The summed E-state index contributed by atoms with van der Waals surface area (Å²) in [4.78, 5) is 0. The lowest BCUT2D eigenvalue weighted by molar-refractivity contribution is 0.625. The van der Waals surface area contributed by atoms with E-state index in [1.165, 1.54) is 12.1 Å². The van der Waals surface area contributed by atoms with Crippen LogP contribution in [0.4, 0.5) is 4.39 Å². The van der Waals surface area contributed by atoms with Crippen molar-refractivity contribution in [1.82, 2.24) is 15.1 Å². The van der Waals surface area contributed by atoms with E-state index in [1.807, 2.05) is 14.0 Å². The summed E-state index contributed by atoms with van der Waals surface area (Å²) in [6, 6.07) is 4.88. The number of hydrogen-bond donors (Lipinski definition) is 1. The molecule has 3 nitrogen and oxygen atoms in total. The summed E-state index contributed by atoms with van der Waals surface area (Å²) in [6.07, 6.45) is 1.79. The number of nitrogens with zero attached hydrogens (tertiary/aromatic N) is 2. The van der Waals surface area contributed by atoms with Gasteiger partial charge in [0.15, 0.2) is 0 Å². The van der Waals surface area contributed by atoms with Crippen LogP contribution in [0.1, 0.15) is 24.2 Å². The molecule has 5 heteroatoms. The molecule has 1 N–H and O–H groups in total. The zero-order valence-corrected chi connectivity index (χ0v) is 11.3. The fourth-order valence-corrected chi connectivity index (χ4v) is 2.00.